The minimum absolute atomic E-state index is 0.165. The topological polar surface area (TPSA) is 58.4 Å². The summed E-state index contributed by atoms with van der Waals surface area (Å²) in [5.41, 5.74) is 1.28. The van der Waals surface area contributed by atoms with Gasteiger partial charge in [0.15, 0.2) is 0 Å². The van der Waals surface area contributed by atoms with Crippen LogP contribution in [0.3, 0.4) is 0 Å². The zero-order valence-corrected chi connectivity index (χ0v) is 11.1. The molecule has 2 saturated heterocycles. The maximum atomic E-state index is 10.7. The predicted molar refractivity (Wildman–Crippen MR) is 74.4 cm³/mol. The van der Waals surface area contributed by atoms with E-state index in [4.69, 9.17) is 0 Å². The summed E-state index contributed by atoms with van der Waals surface area (Å²) in [4.78, 5) is 12.8. The number of fused-ring (bicyclic) bond motifs is 1. The predicted octanol–water partition coefficient (Wildman–Crippen LogP) is 2.03. The van der Waals surface area contributed by atoms with E-state index in [0.717, 1.165) is 43.6 Å². The van der Waals surface area contributed by atoms with E-state index in [-0.39, 0.29) is 10.6 Å². The Kier molecular flexibility index (Phi) is 3.14. The highest BCUT2D eigenvalue weighted by atomic mass is 16.6. The van der Waals surface area contributed by atoms with Gasteiger partial charge in [0.1, 0.15) is 0 Å². The average Bonchev–Trinajstić information content (AvgIpc) is 2.98. The molecule has 0 radical (unpaired) electrons. The molecule has 0 spiro atoms. The van der Waals surface area contributed by atoms with Crippen molar-refractivity contribution in [3.63, 3.8) is 0 Å². The van der Waals surface area contributed by atoms with Crippen molar-refractivity contribution in [2.24, 2.45) is 11.8 Å². The summed E-state index contributed by atoms with van der Waals surface area (Å²) in [5, 5.41) is 14.2. The molecule has 1 aromatic carbocycles. The van der Waals surface area contributed by atoms with Crippen LogP contribution in [0.4, 0.5) is 11.4 Å². The van der Waals surface area contributed by atoms with Gasteiger partial charge in [0.05, 0.1) is 4.92 Å². The van der Waals surface area contributed by atoms with Gasteiger partial charge in [-0.1, -0.05) is 6.92 Å². The second-order valence-corrected chi connectivity index (χ2v) is 5.48. The van der Waals surface area contributed by atoms with Gasteiger partial charge in [0.2, 0.25) is 0 Å². The number of nitrogens with one attached hydrogen (secondary N) is 1. The first-order valence-corrected chi connectivity index (χ1v) is 6.92. The molecule has 0 aromatic heterocycles. The average molecular weight is 261 g/mol. The molecule has 2 fully saturated rings. The number of hydrogen-bond donors (Lipinski definition) is 1. The van der Waals surface area contributed by atoms with Crippen LogP contribution < -0.4 is 10.2 Å². The van der Waals surface area contributed by atoms with Crippen LogP contribution in [0.15, 0.2) is 24.3 Å². The van der Waals surface area contributed by atoms with Gasteiger partial charge in [-0.15, -0.1) is 0 Å². The molecule has 1 aromatic rings. The fraction of sp³-hybridized carbons (Fsp3) is 0.571. The molecular formula is C14H19N3O2. The quantitative estimate of drug-likeness (QED) is 0.668. The highest BCUT2D eigenvalue weighted by molar-refractivity contribution is 5.53. The third-order valence-electron chi connectivity index (χ3n) is 4.53. The Balaban J connectivity index is 1.83. The fourth-order valence-electron chi connectivity index (χ4n) is 3.61. The van der Waals surface area contributed by atoms with Crippen molar-refractivity contribution in [3.8, 4) is 0 Å². The van der Waals surface area contributed by atoms with E-state index < -0.39 is 0 Å². The third kappa shape index (κ3) is 2.08. The Labute approximate surface area is 112 Å². The molecule has 3 unspecified atom stereocenters. The first-order valence-electron chi connectivity index (χ1n) is 6.92. The van der Waals surface area contributed by atoms with Crippen LogP contribution in [0.5, 0.6) is 0 Å². The van der Waals surface area contributed by atoms with E-state index in [1.165, 1.54) is 0 Å². The van der Waals surface area contributed by atoms with Gasteiger partial charge in [-0.2, -0.15) is 0 Å². The summed E-state index contributed by atoms with van der Waals surface area (Å²) >= 11 is 0. The van der Waals surface area contributed by atoms with E-state index in [9.17, 15) is 10.1 Å². The Hall–Kier alpha value is -1.62. The normalized spacial score (nSPS) is 29.5. The molecule has 0 saturated carbocycles. The molecule has 5 heteroatoms. The lowest BCUT2D eigenvalue weighted by molar-refractivity contribution is -0.384. The largest absolute Gasteiger partial charge is 0.368 e. The van der Waals surface area contributed by atoms with Crippen molar-refractivity contribution < 1.29 is 4.92 Å². The lowest BCUT2D eigenvalue weighted by Crippen LogP contribution is -2.35. The summed E-state index contributed by atoms with van der Waals surface area (Å²) in [6.45, 7) is 5.50. The fourth-order valence-corrected chi connectivity index (χ4v) is 3.61. The maximum absolute atomic E-state index is 10.7. The number of benzene rings is 1. The molecule has 0 bridgehead atoms. The molecule has 102 valence electrons. The van der Waals surface area contributed by atoms with Crippen LogP contribution in [-0.4, -0.2) is 30.6 Å². The molecule has 3 atom stereocenters. The van der Waals surface area contributed by atoms with Crippen molar-refractivity contribution in [1.82, 2.24) is 5.32 Å². The van der Waals surface area contributed by atoms with Crippen LogP contribution >= 0.6 is 0 Å². The van der Waals surface area contributed by atoms with Gasteiger partial charge in [0, 0.05) is 43.5 Å². The molecular weight excluding hydrogens is 242 g/mol. The lowest BCUT2D eigenvalue weighted by Gasteiger charge is -2.28. The van der Waals surface area contributed by atoms with E-state index >= 15 is 0 Å². The third-order valence-corrected chi connectivity index (χ3v) is 4.53. The molecule has 2 heterocycles. The summed E-state index contributed by atoms with van der Waals surface area (Å²) in [6.07, 6.45) is 1.12. The van der Waals surface area contributed by atoms with Gasteiger partial charge in [0.25, 0.3) is 5.69 Å². The standard InChI is InChI=1S/C14H19N3O2/c1-2-14-13-8-15-7-10(13)9-16(14)11-3-5-12(6-4-11)17(18)19/h3-6,10,13-15H,2,7-9H2,1H3. The monoisotopic (exact) mass is 261 g/mol. The minimum Gasteiger partial charge on any atom is -0.368 e. The highest BCUT2D eigenvalue weighted by Gasteiger charge is 2.43. The summed E-state index contributed by atoms with van der Waals surface area (Å²) < 4.78 is 0. The lowest BCUT2D eigenvalue weighted by atomic mass is 9.93. The van der Waals surface area contributed by atoms with Crippen molar-refractivity contribution in [2.75, 3.05) is 24.5 Å². The van der Waals surface area contributed by atoms with Crippen LogP contribution in [-0.2, 0) is 0 Å². The molecule has 5 nitrogen and oxygen atoms in total. The van der Waals surface area contributed by atoms with Gasteiger partial charge in [-0.05, 0) is 30.4 Å². The van der Waals surface area contributed by atoms with Crippen LogP contribution in [0, 0.1) is 22.0 Å². The Bertz CT molecular complexity index is 474. The summed E-state index contributed by atoms with van der Waals surface area (Å²) in [5.74, 6) is 1.44. The van der Waals surface area contributed by atoms with Crippen molar-refractivity contribution in [3.05, 3.63) is 34.4 Å². The molecule has 2 aliphatic heterocycles. The molecule has 0 aliphatic carbocycles. The smallest absolute Gasteiger partial charge is 0.269 e. The Morgan fingerprint density at radius 2 is 2.11 bits per heavy atom. The zero-order chi connectivity index (χ0) is 13.4. The summed E-state index contributed by atoms with van der Waals surface area (Å²) in [7, 11) is 0. The molecule has 2 aliphatic rings. The number of hydrogen-bond acceptors (Lipinski definition) is 4. The molecule has 0 amide bonds. The number of anilines is 1. The van der Waals surface area contributed by atoms with E-state index in [0.29, 0.717) is 6.04 Å². The second kappa shape index (κ2) is 4.81. The molecule has 3 rings (SSSR count). The SMILES string of the molecule is CCC1C2CNCC2CN1c1ccc([N+](=O)[O-])cc1. The number of nitro benzene ring substituents is 1. The Morgan fingerprint density at radius 1 is 1.37 bits per heavy atom. The van der Waals surface area contributed by atoms with Crippen molar-refractivity contribution >= 4 is 11.4 Å². The minimum atomic E-state index is -0.344. The summed E-state index contributed by atoms with van der Waals surface area (Å²) in [6, 6.07) is 7.54. The van der Waals surface area contributed by atoms with Gasteiger partial charge >= 0.3 is 0 Å². The van der Waals surface area contributed by atoms with Crippen molar-refractivity contribution in [2.45, 2.75) is 19.4 Å². The van der Waals surface area contributed by atoms with Gasteiger partial charge < -0.3 is 10.2 Å². The number of nitrogens with zero attached hydrogens (tertiary/aromatic N) is 2. The first-order chi connectivity index (χ1) is 9.20. The zero-order valence-electron chi connectivity index (χ0n) is 11.1. The first kappa shape index (κ1) is 12.4. The van der Waals surface area contributed by atoms with Crippen LogP contribution in [0.25, 0.3) is 0 Å². The second-order valence-electron chi connectivity index (χ2n) is 5.48. The number of nitro groups is 1. The molecule has 19 heavy (non-hydrogen) atoms. The van der Waals surface area contributed by atoms with E-state index in [1.807, 2.05) is 12.1 Å². The van der Waals surface area contributed by atoms with Gasteiger partial charge in [-0.3, -0.25) is 10.1 Å². The Morgan fingerprint density at radius 3 is 2.74 bits per heavy atom. The van der Waals surface area contributed by atoms with Gasteiger partial charge in [-0.25, -0.2) is 0 Å². The van der Waals surface area contributed by atoms with E-state index in [1.54, 1.807) is 12.1 Å². The van der Waals surface area contributed by atoms with Crippen LogP contribution in [0.1, 0.15) is 13.3 Å². The maximum Gasteiger partial charge on any atom is 0.269 e. The number of non-ortho nitro benzene ring substituents is 1. The van der Waals surface area contributed by atoms with Crippen LogP contribution in [0.2, 0.25) is 0 Å². The molecule has 1 N–H and O–H groups in total. The number of rotatable bonds is 3. The highest BCUT2D eigenvalue weighted by Crippen LogP contribution is 2.37. The van der Waals surface area contributed by atoms with E-state index in [2.05, 4.69) is 17.1 Å². The van der Waals surface area contributed by atoms with Crippen molar-refractivity contribution in [1.29, 1.82) is 0 Å².